The maximum atomic E-state index is 6.06. The standard InChI is InChI=1S/C14H13BrClN/c1-10(11-5-3-2-4-6-11)17-12-7-8-13(15)14(16)9-12/h2-10,17H,1H3. The van der Waals surface area contributed by atoms with Crippen LogP contribution in [0.25, 0.3) is 0 Å². The first-order valence-electron chi connectivity index (χ1n) is 5.43. The van der Waals surface area contributed by atoms with Crippen LogP contribution < -0.4 is 5.32 Å². The molecule has 88 valence electrons. The number of halogens is 2. The van der Waals surface area contributed by atoms with E-state index in [9.17, 15) is 0 Å². The van der Waals surface area contributed by atoms with E-state index in [1.165, 1.54) is 5.56 Å². The molecule has 0 saturated heterocycles. The van der Waals surface area contributed by atoms with Crippen LogP contribution >= 0.6 is 27.5 Å². The molecule has 0 heterocycles. The minimum Gasteiger partial charge on any atom is -0.378 e. The van der Waals surface area contributed by atoms with Crippen molar-refractivity contribution < 1.29 is 0 Å². The minimum atomic E-state index is 0.258. The van der Waals surface area contributed by atoms with Crippen LogP contribution in [0.5, 0.6) is 0 Å². The van der Waals surface area contributed by atoms with Gasteiger partial charge >= 0.3 is 0 Å². The first kappa shape index (κ1) is 12.5. The number of rotatable bonds is 3. The molecule has 0 aliphatic rings. The minimum absolute atomic E-state index is 0.258. The predicted octanol–water partition coefficient (Wildman–Crippen LogP) is 5.28. The molecule has 0 fully saturated rings. The van der Waals surface area contributed by atoms with Crippen molar-refractivity contribution in [3.63, 3.8) is 0 Å². The van der Waals surface area contributed by atoms with E-state index in [-0.39, 0.29) is 6.04 Å². The van der Waals surface area contributed by atoms with Crippen LogP contribution in [-0.2, 0) is 0 Å². The van der Waals surface area contributed by atoms with Gasteiger partial charge in [0.1, 0.15) is 0 Å². The SMILES string of the molecule is CC(Nc1ccc(Br)c(Cl)c1)c1ccccc1. The number of nitrogens with one attached hydrogen (secondary N) is 1. The van der Waals surface area contributed by atoms with Gasteiger partial charge in [0.2, 0.25) is 0 Å². The molecule has 0 aromatic heterocycles. The summed E-state index contributed by atoms with van der Waals surface area (Å²) in [5.41, 5.74) is 2.28. The second kappa shape index (κ2) is 5.56. The van der Waals surface area contributed by atoms with E-state index in [1.807, 2.05) is 36.4 Å². The molecule has 2 aromatic carbocycles. The predicted molar refractivity (Wildman–Crippen MR) is 77.6 cm³/mol. The Hall–Kier alpha value is -0.990. The summed E-state index contributed by atoms with van der Waals surface area (Å²) in [7, 11) is 0. The monoisotopic (exact) mass is 309 g/mol. The lowest BCUT2D eigenvalue weighted by Gasteiger charge is -2.16. The topological polar surface area (TPSA) is 12.0 Å². The maximum absolute atomic E-state index is 6.06. The van der Waals surface area contributed by atoms with Crippen LogP contribution in [0.1, 0.15) is 18.5 Å². The molecule has 1 N–H and O–H groups in total. The van der Waals surface area contributed by atoms with Gasteiger partial charge in [0.05, 0.1) is 5.02 Å². The summed E-state index contributed by atoms with van der Waals surface area (Å²) >= 11 is 9.44. The lowest BCUT2D eigenvalue weighted by molar-refractivity contribution is 0.885. The Morgan fingerprint density at radius 3 is 2.47 bits per heavy atom. The van der Waals surface area contributed by atoms with Gasteiger partial charge in [-0.05, 0) is 46.6 Å². The molecule has 0 radical (unpaired) electrons. The maximum Gasteiger partial charge on any atom is 0.0568 e. The molecule has 1 unspecified atom stereocenters. The van der Waals surface area contributed by atoms with Gasteiger partial charge in [-0.2, -0.15) is 0 Å². The highest BCUT2D eigenvalue weighted by molar-refractivity contribution is 9.10. The highest BCUT2D eigenvalue weighted by atomic mass is 79.9. The highest BCUT2D eigenvalue weighted by Gasteiger charge is 2.05. The molecular formula is C14H13BrClN. The van der Waals surface area contributed by atoms with Gasteiger partial charge in [-0.3, -0.25) is 0 Å². The van der Waals surface area contributed by atoms with Crippen molar-refractivity contribution in [1.82, 2.24) is 0 Å². The summed E-state index contributed by atoms with van der Waals surface area (Å²) in [5, 5.41) is 4.14. The largest absolute Gasteiger partial charge is 0.378 e. The molecule has 0 bridgehead atoms. The van der Waals surface area contributed by atoms with Crippen molar-refractivity contribution in [2.75, 3.05) is 5.32 Å². The van der Waals surface area contributed by atoms with Crippen LogP contribution in [0, 0.1) is 0 Å². The van der Waals surface area contributed by atoms with E-state index in [2.05, 4.69) is 40.3 Å². The zero-order valence-electron chi connectivity index (χ0n) is 9.45. The third-order valence-corrected chi connectivity index (χ3v) is 3.83. The first-order chi connectivity index (χ1) is 8.16. The molecule has 1 nitrogen and oxygen atoms in total. The molecule has 0 saturated carbocycles. The fourth-order valence-electron chi connectivity index (χ4n) is 1.66. The third-order valence-electron chi connectivity index (χ3n) is 2.60. The van der Waals surface area contributed by atoms with E-state index in [1.54, 1.807) is 0 Å². The Morgan fingerprint density at radius 2 is 1.82 bits per heavy atom. The Labute approximate surface area is 115 Å². The molecule has 0 aliphatic heterocycles. The Balaban J connectivity index is 2.13. The van der Waals surface area contributed by atoms with E-state index in [4.69, 9.17) is 11.6 Å². The average molecular weight is 311 g/mol. The summed E-state index contributed by atoms with van der Waals surface area (Å²) < 4.78 is 0.914. The van der Waals surface area contributed by atoms with Crippen molar-refractivity contribution in [1.29, 1.82) is 0 Å². The van der Waals surface area contributed by atoms with E-state index >= 15 is 0 Å². The summed E-state index contributed by atoms with van der Waals surface area (Å²) in [6.45, 7) is 2.13. The van der Waals surface area contributed by atoms with Crippen LogP contribution in [0.2, 0.25) is 5.02 Å². The van der Waals surface area contributed by atoms with Crippen molar-refractivity contribution in [2.45, 2.75) is 13.0 Å². The van der Waals surface area contributed by atoms with Crippen molar-refractivity contribution in [3.8, 4) is 0 Å². The van der Waals surface area contributed by atoms with Gasteiger partial charge in [-0.1, -0.05) is 41.9 Å². The van der Waals surface area contributed by atoms with Gasteiger partial charge in [0, 0.05) is 16.2 Å². The van der Waals surface area contributed by atoms with Gasteiger partial charge in [-0.15, -0.1) is 0 Å². The van der Waals surface area contributed by atoms with Crippen molar-refractivity contribution >= 4 is 33.2 Å². The second-order valence-electron chi connectivity index (χ2n) is 3.91. The van der Waals surface area contributed by atoms with Crippen molar-refractivity contribution in [2.24, 2.45) is 0 Å². The van der Waals surface area contributed by atoms with Crippen LogP contribution in [0.4, 0.5) is 5.69 Å². The molecule has 0 spiro atoms. The van der Waals surface area contributed by atoms with Gasteiger partial charge in [-0.25, -0.2) is 0 Å². The van der Waals surface area contributed by atoms with Crippen LogP contribution in [-0.4, -0.2) is 0 Å². The smallest absolute Gasteiger partial charge is 0.0568 e. The number of hydrogen-bond acceptors (Lipinski definition) is 1. The highest BCUT2D eigenvalue weighted by Crippen LogP contribution is 2.27. The van der Waals surface area contributed by atoms with Gasteiger partial charge in [0.15, 0.2) is 0 Å². The molecule has 3 heteroatoms. The Bertz CT molecular complexity index is 499. The molecular weight excluding hydrogens is 298 g/mol. The van der Waals surface area contributed by atoms with E-state index < -0.39 is 0 Å². The number of benzene rings is 2. The quantitative estimate of drug-likeness (QED) is 0.813. The zero-order chi connectivity index (χ0) is 12.3. The lowest BCUT2D eigenvalue weighted by atomic mass is 10.1. The molecule has 2 aromatic rings. The van der Waals surface area contributed by atoms with Gasteiger partial charge < -0.3 is 5.32 Å². The number of hydrogen-bond donors (Lipinski definition) is 1. The lowest BCUT2D eigenvalue weighted by Crippen LogP contribution is -2.06. The normalized spacial score (nSPS) is 12.2. The molecule has 0 amide bonds. The molecule has 0 aliphatic carbocycles. The van der Waals surface area contributed by atoms with Crippen LogP contribution in [0.15, 0.2) is 53.0 Å². The molecule has 2 rings (SSSR count). The molecule has 1 atom stereocenters. The second-order valence-corrected chi connectivity index (χ2v) is 5.17. The Morgan fingerprint density at radius 1 is 1.12 bits per heavy atom. The fraction of sp³-hybridized carbons (Fsp3) is 0.143. The van der Waals surface area contributed by atoms with Crippen LogP contribution in [0.3, 0.4) is 0 Å². The Kier molecular flexibility index (Phi) is 4.08. The fourth-order valence-corrected chi connectivity index (χ4v) is 2.09. The van der Waals surface area contributed by atoms with E-state index in [0.717, 1.165) is 15.2 Å². The third kappa shape index (κ3) is 3.24. The summed E-state index contributed by atoms with van der Waals surface area (Å²) in [4.78, 5) is 0. The summed E-state index contributed by atoms with van der Waals surface area (Å²) in [6.07, 6.45) is 0. The summed E-state index contributed by atoms with van der Waals surface area (Å²) in [5.74, 6) is 0. The number of anilines is 1. The first-order valence-corrected chi connectivity index (χ1v) is 6.60. The summed E-state index contributed by atoms with van der Waals surface area (Å²) in [6, 6.07) is 16.5. The van der Waals surface area contributed by atoms with Gasteiger partial charge in [0.25, 0.3) is 0 Å². The van der Waals surface area contributed by atoms with Crippen molar-refractivity contribution in [3.05, 3.63) is 63.6 Å². The average Bonchev–Trinajstić information content (AvgIpc) is 2.35. The van der Waals surface area contributed by atoms with E-state index in [0.29, 0.717) is 0 Å². The zero-order valence-corrected chi connectivity index (χ0v) is 11.8. The molecule has 17 heavy (non-hydrogen) atoms.